The number of carbonyl (C=O) groups excluding carboxylic acids is 1. The highest BCUT2D eigenvalue weighted by Gasteiger charge is 2.30. The molecule has 0 amide bonds. The lowest BCUT2D eigenvalue weighted by molar-refractivity contribution is -0.117. The number of benzene rings is 1. The van der Waals surface area contributed by atoms with Crippen LogP contribution in [0.5, 0.6) is 11.6 Å². The lowest BCUT2D eigenvalue weighted by Gasteiger charge is -2.40. The summed E-state index contributed by atoms with van der Waals surface area (Å²) in [5, 5.41) is 9.42. The topological polar surface area (TPSA) is 75.5 Å². The summed E-state index contributed by atoms with van der Waals surface area (Å²) in [4.78, 5) is 17.7. The second-order valence-electron chi connectivity index (χ2n) is 7.50. The number of ether oxygens (including phenoxy) is 2. The molecule has 0 aliphatic carbocycles. The second-order valence-corrected chi connectivity index (χ2v) is 7.50. The van der Waals surface area contributed by atoms with Crippen molar-refractivity contribution in [2.24, 2.45) is 0 Å². The molecular formula is C23H27N3O3. The monoisotopic (exact) mass is 393 g/mol. The van der Waals surface area contributed by atoms with Crippen molar-refractivity contribution in [3.05, 3.63) is 47.7 Å². The van der Waals surface area contributed by atoms with Crippen LogP contribution in [-0.2, 0) is 4.79 Å². The average Bonchev–Trinajstić information content (AvgIpc) is 2.68. The van der Waals surface area contributed by atoms with E-state index in [0.717, 1.165) is 23.4 Å². The molecule has 1 fully saturated rings. The first-order valence-corrected chi connectivity index (χ1v) is 10.0. The maximum Gasteiger partial charge on any atom is 0.214 e. The molecule has 6 heteroatoms. The van der Waals surface area contributed by atoms with E-state index in [2.05, 4.69) is 22.9 Å². The van der Waals surface area contributed by atoms with Crippen LogP contribution in [0.4, 0.5) is 5.69 Å². The number of Topliss-reactive ketones (excluding diaryl/α,β-unsaturated/α-hetero) is 1. The molecule has 2 aromatic rings. The first kappa shape index (κ1) is 20.7. The Bertz CT molecular complexity index is 883. The van der Waals surface area contributed by atoms with Crippen LogP contribution < -0.4 is 14.4 Å². The highest BCUT2D eigenvalue weighted by molar-refractivity contribution is 5.76. The third-order valence-electron chi connectivity index (χ3n) is 4.94. The highest BCUT2D eigenvalue weighted by Crippen LogP contribution is 2.29. The average molecular weight is 393 g/mol. The first-order valence-electron chi connectivity index (χ1n) is 10.0. The van der Waals surface area contributed by atoms with Gasteiger partial charge in [0.1, 0.15) is 23.7 Å². The van der Waals surface area contributed by atoms with Gasteiger partial charge in [0, 0.05) is 12.5 Å². The normalized spacial score (nSPS) is 14.6. The summed E-state index contributed by atoms with van der Waals surface area (Å²) < 4.78 is 11.5. The molecule has 1 aromatic carbocycles. The molecule has 1 saturated heterocycles. The molecule has 3 rings (SSSR count). The minimum atomic E-state index is 0.0676. The fourth-order valence-electron chi connectivity index (χ4n) is 3.38. The molecule has 0 unspecified atom stereocenters. The number of nitrogens with zero attached hydrogens (tertiary/aromatic N) is 3. The van der Waals surface area contributed by atoms with E-state index < -0.39 is 0 Å². The number of carbonyl (C=O) groups is 1. The second kappa shape index (κ2) is 9.42. The van der Waals surface area contributed by atoms with Crippen molar-refractivity contribution in [1.82, 2.24) is 4.98 Å². The van der Waals surface area contributed by atoms with Gasteiger partial charge in [-0.05, 0) is 43.0 Å². The van der Waals surface area contributed by atoms with Gasteiger partial charge < -0.3 is 19.2 Å². The summed E-state index contributed by atoms with van der Waals surface area (Å²) >= 11 is 0. The van der Waals surface area contributed by atoms with E-state index in [1.807, 2.05) is 37.3 Å². The van der Waals surface area contributed by atoms with E-state index in [1.165, 1.54) is 0 Å². The Kier molecular flexibility index (Phi) is 6.71. The third kappa shape index (κ3) is 5.26. The Balaban J connectivity index is 1.55. The summed E-state index contributed by atoms with van der Waals surface area (Å²) in [5.41, 5.74) is 2.32. The van der Waals surface area contributed by atoms with Crippen molar-refractivity contribution in [3.63, 3.8) is 0 Å². The van der Waals surface area contributed by atoms with Crippen molar-refractivity contribution < 1.29 is 14.3 Å². The molecule has 0 spiro atoms. The number of pyridine rings is 1. The third-order valence-corrected chi connectivity index (χ3v) is 4.94. The predicted octanol–water partition coefficient (Wildman–Crippen LogP) is 4.09. The number of rotatable bonds is 9. The largest absolute Gasteiger partial charge is 0.487 e. The van der Waals surface area contributed by atoms with Gasteiger partial charge in [-0.15, -0.1) is 0 Å². The van der Waals surface area contributed by atoms with Crippen LogP contribution >= 0.6 is 0 Å². The molecular weight excluding hydrogens is 366 g/mol. The molecule has 1 aliphatic heterocycles. The zero-order valence-corrected chi connectivity index (χ0v) is 17.2. The van der Waals surface area contributed by atoms with Crippen LogP contribution in [0.3, 0.4) is 0 Å². The maximum absolute atomic E-state index is 11.3. The van der Waals surface area contributed by atoms with Gasteiger partial charge in [0.25, 0.3) is 0 Å². The van der Waals surface area contributed by atoms with Crippen molar-refractivity contribution in [1.29, 1.82) is 5.26 Å². The van der Waals surface area contributed by atoms with Gasteiger partial charge in [0.15, 0.2) is 5.69 Å². The molecule has 6 nitrogen and oxygen atoms in total. The van der Waals surface area contributed by atoms with Gasteiger partial charge in [0.2, 0.25) is 5.88 Å². The molecule has 152 valence electrons. The molecule has 29 heavy (non-hydrogen) atoms. The van der Waals surface area contributed by atoms with E-state index >= 15 is 0 Å². The van der Waals surface area contributed by atoms with Gasteiger partial charge in [-0.2, -0.15) is 5.26 Å². The van der Waals surface area contributed by atoms with Gasteiger partial charge in [-0.1, -0.05) is 26.0 Å². The quantitative estimate of drug-likeness (QED) is 0.639. The molecule has 2 heterocycles. The summed E-state index contributed by atoms with van der Waals surface area (Å²) in [6, 6.07) is 13.8. The smallest absolute Gasteiger partial charge is 0.214 e. The van der Waals surface area contributed by atoms with E-state index in [4.69, 9.17) is 9.47 Å². The Morgan fingerprint density at radius 1 is 1.28 bits per heavy atom. The standard InChI is InChI=1S/C23H27N3O3/c1-4-11-28-23-10-9-22(21(13-24)25-23)26-14-20(15-26)29-19-7-5-18(6-8-19)16(2)12-17(3)27/h5-10,16,20H,4,11-12,14-15H2,1-3H3/t16-/m1/s1. The number of nitriles is 1. The number of anilines is 1. The molecule has 0 N–H and O–H groups in total. The van der Waals surface area contributed by atoms with Crippen LogP contribution in [0.25, 0.3) is 0 Å². The molecule has 0 bridgehead atoms. The van der Waals surface area contributed by atoms with Gasteiger partial charge in [-0.3, -0.25) is 0 Å². The summed E-state index contributed by atoms with van der Waals surface area (Å²) in [5.74, 6) is 1.71. The van der Waals surface area contributed by atoms with Crippen molar-refractivity contribution in [3.8, 4) is 17.7 Å². The van der Waals surface area contributed by atoms with Crippen LogP contribution in [0.1, 0.15) is 50.8 Å². The Hall–Kier alpha value is -3.07. The highest BCUT2D eigenvalue weighted by atomic mass is 16.5. The Labute approximate surface area is 172 Å². The Morgan fingerprint density at radius 2 is 2.00 bits per heavy atom. The first-order chi connectivity index (χ1) is 14.0. The van der Waals surface area contributed by atoms with Crippen LogP contribution in [0.15, 0.2) is 36.4 Å². The minimum absolute atomic E-state index is 0.0676. The lowest BCUT2D eigenvalue weighted by atomic mass is 9.96. The molecule has 1 atom stereocenters. The summed E-state index contributed by atoms with van der Waals surface area (Å²) in [7, 11) is 0. The van der Waals surface area contributed by atoms with E-state index in [-0.39, 0.29) is 17.8 Å². The number of hydrogen-bond donors (Lipinski definition) is 0. The number of hydrogen-bond acceptors (Lipinski definition) is 6. The zero-order chi connectivity index (χ0) is 20.8. The van der Waals surface area contributed by atoms with Gasteiger partial charge in [-0.25, -0.2) is 4.98 Å². The Morgan fingerprint density at radius 3 is 2.62 bits per heavy atom. The van der Waals surface area contributed by atoms with Crippen molar-refractivity contribution in [2.75, 3.05) is 24.6 Å². The number of aromatic nitrogens is 1. The summed E-state index contributed by atoms with van der Waals surface area (Å²) in [6.07, 6.45) is 1.51. The minimum Gasteiger partial charge on any atom is -0.487 e. The van der Waals surface area contributed by atoms with Crippen LogP contribution in [-0.4, -0.2) is 36.6 Å². The molecule has 0 radical (unpaired) electrons. The predicted molar refractivity (Wildman–Crippen MR) is 112 cm³/mol. The van der Waals surface area contributed by atoms with Crippen LogP contribution in [0, 0.1) is 11.3 Å². The van der Waals surface area contributed by atoms with Crippen molar-refractivity contribution in [2.45, 2.75) is 45.6 Å². The lowest BCUT2D eigenvalue weighted by Crippen LogP contribution is -2.54. The van der Waals surface area contributed by atoms with E-state index in [1.54, 1.807) is 13.0 Å². The van der Waals surface area contributed by atoms with E-state index in [9.17, 15) is 10.1 Å². The summed E-state index contributed by atoms with van der Waals surface area (Å²) in [6.45, 7) is 7.70. The molecule has 1 aromatic heterocycles. The van der Waals surface area contributed by atoms with Gasteiger partial charge in [0.05, 0.1) is 25.4 Å². The van der Waals surface area contributed by atoms with Crippen LogP contribution in [0.2, 0.25) is 0 Å². The molecule has 1 aliphatic rings. The fourth-order valence-corrected chi connectivity index (χ4v) is 3.38. The number of ketones is 1. The molecule has 0 saturated carbocycles. The fraction of sp³-hybridized carbons (Fsp3) is 0.435. The zero-order valence-electron chi connectivity index (χ0n) is 17.2. The van der Waals surface area contributed by atoms with Gasteiger partial charge >= 0.3 is 0 Å². The van der Waals surface area contributed by atoms with Crippen molar-refractivity contribution >= 4 is 11.5 Å². The SMILES string of the molecule is CCCOc1ccc(N2CC(Oc3ccc([C@H](C)CC(C)=O)cc3)C2)c(C#N)n1. The maximum atomic E-state index is 11.3. The van der Waals surface area contributed by atoms with E-state index in [0.29, 0.717) is 37.7 Å².